The lowest BCUT2D eigenvalue weighted by atomic mass is 9.90. The van der Waals surface area contributed by atoms with Crippen molar-refractivity contribution in [1.82, 2.24) is 4.90 Å². The summed E-state index contributed by atoms with van der Waals surface area (Å²) >= 11 is 0. The summed E-state index contributed by atoms with van der Waals surface area (Å²) in [7, 11) is 2.19. The summed E-state index contributed by atoms with van der Waals surface area (Å²) in [6, 6.07) is 27.1. The number of fused-ring (bicyclic) bond motifs is 1. The number of likely N-dealkylation sites (N-methyl/N-ethyl adjacent to an activating group) is 1. The SMILES string of the molecule is CN(CC1=C(c2cccc(O)c2)c2ccccc2CCC1)Cc1ccccc1. The van der Waals surface area contributed by atoms with Gasteiger partial charge in [-0.15, -0.1) is 0 Å². The van der Waals surface area contributed by atoms with E-state index in [9.17, 15) is 5.11 Å². The molecule has 0 unspecified atom stereocenters. The largest absolute Gasteiger partial charge is 0.508 e. The van der Waals surface area contributed by atoms with Gasteiger partial charge in [0.15, 0.2) is 0 Å². The Morgan fingerprint density at radius 3 is 2.43 bits per heavy atom. The van der Waals surface area contributed by atoms with E-state index in [0.717, 1.165) is 37.9 Å². The quantitative estimate of drug-likeness (QED) is 0.627. The molecule has 3 aromatic carbocycles. The highest BCUT2D eigenvalue weighted by Crippen LogP contribution is 2.36. The monoisotopic (exact) mass is 369 g/mol. The van der Waals surface area contributed by atoms with Crippen molar-refractivity contribution < 1.29 is 5.11 Å². The molecule has 0 aromatic heterocycles. The van der Waals surface area contributed by atoms with Crippen molar-refractivity contribution >= 4 is 5.57 Å². The van der Waals surface area contributed by atoms with Crippen LogP contribution in [0, 0.1) is 0 Å². The summed E-state index contributed by atoms with van der Waals surface area (Å²) in [4.78, 5) is 2.39. The number of aryl methyl sites for hydroxylation is 1. The van der Waals surface area contributed by atoms with Crippen LogP contribution in [0.1, 0.15) is 35.1 Å². The smallest absolute Gasteiger partial charge is 0.116 e. The Morgan fingerprint density at radius 1 is 0.821 bits per heavy atom. The zero-order chi connectivity index (χ0) is 19.3. The molecule has 2 nitrogen and oxygen atoms in total. The van der Waals surface area contributed by atoms with Crippen LogP contribution in [0.2, 0.25) is 0 Å². The zero-order valence-electron chi connectivity index (χ0n) is 16.4. The third-order valence-electron chi connectivity index (χ3n) is 5.46. The van der Waals surface area contributed by atoms with E-state index in [1.807, 2.05) is 12.1 Å². The van der Waals surface area contributed by atoms with Crippen molar-refractivity contribution in [3.05, 3.63) is 107 Å². The highest BCUT2D eigenvalue weighted by Gasteiger charge is 2.20. The van der Waals surface area contributed by atoms with E-state index in [4.69, 9.17) is 0 Å². The topological polar surface area (TPSA) is 23.5 Å². The van der Waals surface area contributed by atoms with Gasteiger partial charge in [-0.1, -0.05) is 66.7 Å². The predicted octanol–water partition coefficient (Wildman–Crippen LogP) is 5.66. The number of benzene rings is 3. The molecule has 0 heterocycles. The number of rotatable bonds is 5. The van der Waals surface area contributed by atoms with Crippen LogP contribution in [-0.4, -0.2) is 23.6 Å². The standard InChI is InChI=1S/C26H27NO/c1-27(18-20-9-3-2-4-10-20)19-23-14-7-12-21-11-5-6-16-25(21)26(23)22-13-8-15-24(28)17-22/h2-6,8-11,13,15-17,28H,7,12,14,18-19H2,1H3. The number of hydrogen-bond donors (Lipinski definition) is 1. The summed E-state index contributed by atoms with van der Waals surface area (Å²) in [5.74, 6) is 0.323. The van der Waals surface area contributed by atoms with Crippen molar-refractivity contribution in [3.8, 4) is 5.75 Å². The van der Waals surface area contributed by atoms with Crippen molar-refractivity contribution in [2.24, 2.45) is 0 Å². The van der Waals surface area contributed by atoms with Gasteiger partial charge in [-0.3, -0.25) is 4.90 Å². The Labute approximate surface area is 167 Å². The van der Waals surface area contributed by atoms with Crippen LogP contribution in [0.3, 0.4) is 0 Å². The van der Waals surface area contributed by atoms with Crippen molar-refractivity contribution in [3.63, 3.8) is 0 Å². The Hall–Kier alpha value is -2.84. The summed E-state index contributed by atoms with van der Waals surface area (Å²) in [6.07, 6.45) is 3.34. The Bertz CT molecular complexity index is 974. The van der Waals surface area contributed by atoms with E-state index >= 15 is 0 Å². The molecule has 28 heavy (non-hydrogen) atoms. The molecule has 0 aliphatic heterocycles. The molecule has 0 amide bonds. The molecule has 142 valence electrons. The lowest BCUT2D eigenvalue weighted by molar-refractivity contribution is 0.351. The molecule has 4 rings (SSSR count). The maximum Gasteiger partial charge on any atom is 0.116 e. The first-order chi connectivity index (χ1) is 13.7. The van der Waals surface area contributed by atoms with Crippen molar-refractivity contribution in [2.45, 2.75) is 25.8 Å². The number of hydrogen-bond acceptors (Lipinski definition) is 2. The molecule has 0 saturated carbocycles. The van der Waals surface area contributed by atoms with Crippen molar-refractivity contribution in [2.75, 3.05) is 13.6 Å². The van der Waals surface area contributed by atoms with Crippen LogP contribution in [0.5, 0.6) is 5.75 Å². The molecule has 0 radical (unpaired) electrons. The normalized spacial score (nSPS) is 14.1. The average molecular weight is 370 g/mol. The van der Waals surface area contributed by atoms with Gasteiger partial charge >= 0.3 is 0 Å². The second kappa shape index (κ2) is 8.45. The maximum absolute atomic E-state index is 10.1. The first kappa shape index (κ1) is 18.5. The molecule has 1 N–H and O–H groups in total. The van der Waals surface area contributed by atoms with E-state index < -0.39 is 0 Å². The van der Waals surface area contributed by atoms with Crippen molar-refractivity contribution in [1.29, 1.82) is 0 Å². The molecule has 0 fully saturated rings. The number of nitrogens with zero attached hydrogens (tertiary/aromatic N) is 1. The molecule has 3 aromatic rings. The molecular weight excluding hydrogens is 342 g/mol. The van der Waals surface area contributed by atoms with Gasteiger partial charge in [-0.2, -0.15) is 0 Å². The lowest BCUT2D eigenvalue weighted by Crippen LogP contribution is -2.21. The van der Waals surface area contributed by atoms with Crippen LogP contribution in [0.4, 0.5) is 0 Å². The summed E-state index contributed by atoms with van der Waals surface area (Å²) in [5, 5.41) is 10.1. The number of aromatic hydroxyl groups is 1. The van der Waals surface area contributed by atoms with E-state index in [1.54, 1.807) is 6.07 Å². The van der Waals surface area contributed by atoms with E-state index in [0.29, 0.717) is 5.75 Å². The minimum Gasteiger partial charge on any atom is -0.508 e. The van der Waals surface area contributed by atoms with Gasteiger partial charge in [0.2, 0.25) is 0 Å². The highest BCUT2D eigenvalue weighted by atomic mass is 16.3. The fraction of sp³-hybridized carbons (Fsp3) is 0.231. The van der Waals surface area contributed by atoms with Gasteiger partial charge in [-0.25, -0.2) is 0 Å². The van der Waals surface area contributed by atoms with Gasteiger partial charge in [0.1, 0.15) is 5.75 Å². The fourth-order valence-electron chi connectivity index (χ4n) is 4.25. The molecule has 0 spiro atoms. The van der Waals surface area contributed by atoms with Gasteiger partial charge < -0.3 is 5.11 Å². The molecule has 1 aliphatic carbocycles. The number of phenolic OH excluding ortho intramolecular Hbond substituents is 1. The van der Waals surface area contributed by atoms with Crippen LogP contribution >= 0.6 is 0 Å². The maximum atomic E-state index is 10.1. The van der Waals surface area contributed by atoms with Gasteiger partial charge in [0.25, 0.3) is 0 Å². The molecule has 0 saturated heterocycles. The summed E-state index contributed by atoms with van der Waals surface area (Å²) in [5.41, 5.74) is 7.91. The minimum absolute atomic E-state index is 0.323. The average Bonchev–Trinajstić information content (AvgIpc) is 2.87. The molecule has 0 bridgehead atoms. The van der Waals surface area contributed by atoms with Gasteiger partial charge in [-0.05, 0) is 71.8 Å². The molecular formula is C26H27NO. The molecule has 1 aliphatic rings. The Morgan fingerprint density at radius 2 is 1.61 bits per heavy atom. The first-order valence-corrected chi connectivity index (χ1v) is 10.0. The Kier molecular flexibility index (Phi) is 5.59. The first-order valence-electron chi connectivity index (χ1n) is 10.0. The second-order valence-corrected chi connectivity index (χ2v) is 7.70. The number of phenols is 1. The molecule has 2 heteroatoms. The summed E-state index contributed by atoms with van der Waals surface area (Å²) < 4.78 is 0. The van der Waals surface area contributed by atoms with Gasteiger partial charge in [0, 0.05) is 13.1 Å². The van der Waals surface area contributed by atoms with Crippen LogP contribution < -0.4 is 0 Å². The minimum atomic E-state index is 0.323. The second-order valence-electron chi connectivity index (χ2n) is 7.70. The predicted molar refractivity (Wildman–Crippen MR) is 116 cm³/mol. The van der Waals surface area contributed by atoms with Gasteiger partial charge in [0.05, 0.1) is 0 Å². The van der Waals surface area contributed by atoms with E-state index in [-0.39, 0.29) is 0 Å². The fourth-order valence-corrected chi connectivity index (χ4v) is 4.25. The van der Waals surface area contributed by atoms with Crippen LogP contribution in [0.15, 0.2) is 84.4 Å². The third kappa shape index (κ3) is 4.18. The lowest BCUT2D eigenvalue weighted by Gasteiger charge is -2.22. The van der Waals surface area contributed by atoms with E-state index in [1.165, 1.54) is 27.8 Å². The van der Waals surface area contributed by atoms with Crippen LogP contribution in [0.25, 0.3) is 5.57 Å². The van der Waals surface area contributed by atoms with Crippen LogP contribution in [-0.2, 0) is 13.0 Å². The Balaban J connectivity index is 1.73. The van der Waals surface area contributed by atoms with E-state index in [2.05, 4.69) is 72.6 Å². The highest BCUT2D eigenvalue weighted by molar-refractivity contribution is 5.84. The zero-order valence-corrected chi connectivity index (χ0v) is 16.4. The molecule has 0 atom stereocenters. The summed E-state index contributed by atoms with van der Waals surface area (Å²) in [6.45, 7) is 1.85. The third-order valence-corrected chi connectivity index (χ3v) is 5.46.